The van der Waals surface area contributed by atoms with E-state index in [0.29, 0.717) is 27.8 Å². The van der Waals surface area contributed by atoms with Gasteiger partial charge in [0.2, 0.25) is 0 Å². The molecule has 8 heteroatoms. The van der Waals surface area contributed by atoms with Crippen LogP contribution in [-0.4, -0.2) is 34.9 Å². The van der Waals surface area contributed by atoms with Crippen LogP contribution in [0.3, 0.4) is 0 Å². The van der Waals surface area contributed by atoms with Gasteiger partial charge in [-0.15, -0.1) is 10.2 Å². The number of aryl methyl sites for hydroxylation is 1. The summed E-state index contributed by atoms with van der Waals surface area (Å²) in [6, 6.07) is 8.82. The zero-order valence-electron chi connectivity index (χ0n) is 19.0. The van der Waals surface area contributed by atoms with Crippen LogP contribution in [0.25, 0.3) is 17.5 Å². The molecule has 4 rings (SSSR count). The van der Waals surface area contributed by atoms with Crippen LogP contribution < -0.4 is 14.8 Å². The van der Waals surface area contributed by atoms with E-state index in [2.05, 4.69) is 20.1 Å². The minimum absolute atomic E-state index is 0.268. The Labute approximate surface area is 198 Å². The monoisotopic (exact) mass is 466 g/mol. The van der Waals surface area contributed by atoms with Crippen molar-refractivity contribution in [3.05, 3.63) is 58.4 Å². The first-order valence-corrected chi connectivity index (χ1v) is 11.4. The summed E-state index contributed by atoms with van der Waals surface area (Å²) in [5.41, 5.74) is 2.57. The fourth-order valence-corrected chi connectivity index (χ4v) is 4.29. The van der Waals surface area contributed by atoms with Crippen LogP contribution in [0, 0.1) is 0 Å². The molecule has 2 aromatic carbocycles. The van der Waals surface area contributed by atoms with Crippen LogP contribution in [-0.2, 0) is 13.0 Å². The van der Waals surface area contributed by atoms with Crippen molar-refractivity contribution in [2.45, 2.75) is 39.2 Å². The number of fused-ring (bicyclic) bond motifs is 1. The number of anilines is 1. The van der Waals surface area contributed by atoms with Gasteiger partial charge in [0.25, 0.3) is 5.91 Å². The molecule has 0 fully saturated rings. The molecule has 1 amide bonds. The first-order chi connectivity index (χ1) is 16.0. The molecule has 1 aliphatic rings. The van der Waals surface area contributed by atoms with Crippen LogP contribution in [0.4, 0.5) is 5.69 Å². The van der Waals surface area contributed by atoms with Crippen molar-refractivity contribution in [2.24, 2.45) is 0 Å². The fraction of sp³-hybridized carbons (Fsp3) is 0.320. The summed E-state index contributed by atoms with van der Waals surface area (Å²) in [6.45, 7) is 2.77. The van der Waals surface area contributed by atoms with E-state index in [4.69, 9.17) is 21.1 Å². The summed E-state index contributed by atoms with van der Waals surface area (Å²) in [6.07, 6.45) is 8.03. The van der Waals surface area contributed by atoms with Gasteiger partial charge >= 0.3 is 0 Å². The molecule has 0 unspecified atom stereocenters. The fourth-order valence-electron chi connectivity index (χ4n) is 4.09. The second-order valence-electron chi connectivity index (χ2n) is 7.85. The average molecular weight is 467 g/mol. The summed E-state index contributed by atoms with van der Waals surface area (Å²) in [7, 11) is 3.12. The number of hydrogen-bond donors (Lipinski definition) is 1. The Balaban J connectivity index is 1.65. The van der Waals surface area contributed by atoms with Crippen molar-refractivity contribution in [3.8, 4) is 22.9 Å². The van der Waals surface area contributed by atoms with Crippen molar-refractivity contribution >= 4 is 29.3 Å². The summed E-state index contributed by atoms with van der Waals surface area (Å²) < 4.78 is 13.0. The summed E-state index contributed by atoms with van der Waals surface area (Å²) >= 11 is 6.52. The van der Waals surface area contributed by atoms with Crippen LogP contribution in [0.5, 0.6) is 11.5 Å². The Bertz CT molecular complexity index is 1200. The van der Waals surface area contributed by atoms with Crippen LogP contribution in [0.15, 0.2) is 36.4 Å². The zero-order chi connectivity index (χ0) is 23.4. The Hall–Kier alpha value is -3.32. The molecule has 3 aromatic rings. The topological polar surface area (TPSA) is 78.3 Å². The number of aromatic nitrogens is 3. The van der Waals surface area contributed by atoms with Crippen LogP contribution in [0.1, 0.15) is 47.9 Å². The number of nitrogens with one attached hydrogen (secondary N) is 1. The Morgan fingerprint density at radius 1 is 1.12 bits per heavy atom. The van der Waals surface area contributed by atoms with E-state index in [1.165, 1.54) is 6.42 Å². The summed E-state index contributed by atoms with van der Waals surface area (Å²) in [5, 5.41) is 12.3. The molecule has 172 valence electrons. The van der Waals surface area contributed by atoms with Gasteiger partial charge in [-0.05, 0) is 50.1 Å². The molecule has 2 heterocycles. The van der Waals surface area contributed by atoms with Gasteiger partial charge in [0.05, 0.1) is 19.2 Å². The summed E-state index contributed by atoms with van der Waals surface area (Å²) in [5.74, 6) is 2.51. The molecule has 1 N–H and O–H groups in total. The lowest BCUT2D eigenvalue weighted by molar-refractivity contribution is 0.102. The van der Waals surface area contributed by atoms with E-state index >= 15 is 0 Å². The first kappa shape index (κ1) is 22.9. The Kier molecular flexibility index (Phi) is 6.99. The average Bonchev–Trinajstić information content (AvgIpc) is 3.07. The van der Waals surface area contributed by atoms with Crippen molar-refractivity contribution in [2.75, 3.05) is 19.5 Å². The maximum atomic E-state index is 13.1. The normalized spacial score (nSPS) is 13.5. The Morgan fingerprint density at radius 2 is 1.97 bits per heavy atom. The molecule has 7 nitrogen and oxygen atoms in total. The van der Waals surface area contributed by atoms with Gasteiger partial charge in [-0.3, -0.25) is 4.79 Å². The lowest BCUT2D eigenvalue weighted by Gasteiger charge is -2.14. The highest BCUT2D eigenvalue weighted by molar-refractivity contribution is 6.33. The molecular formula is C25H27ClN4O3. The van der Waals surface area contributed by atoms with E-state index in [9.17, 15) is 4.79 Å². The van der Waals surface area contributed by atoms with Gasteiger partial charge in [-0.1, -0.05) is 30.2 Å². The minimum atomic E-state index is -0.268. The standard InChI is InChI=1S/C25H27ClN4O3/c1-4-8-16-13-17(14-21(32-2)23(16)33-3)25(31)27-18-10-11-20(26)19(15-18)24-29-28-22-9-6-5-7-12-30(22)24/h4,8,10-11,13-15H,5-7,9,12H2,1-3H3,(H,27,31)/b8-4+. The first-order valence-electron chi connectivity index (χ1n) is 11.0. The van der Waals surface area contributed by atoms with Crippen molar-refractivity contribution in [3.63, 3.8) is 0 Å². The number of benzene rings is 2. The summed E-state index contributed by atoms with van der Waals surface area (Å²) in [4.78, 5) is 13.1. The smallest absolute Gasteiger partial charge is 0.255 e. The van der Waals surface area contributed by atoms with E-state index in [1.807, 2.05) is 25.1 Å². The molecule has 33 heavy (non-hydrogen) atoms. The number of ether oxygens (including phenoxy) is 2. The molecule has 0 spiro atoms. The maximum absolute atomic E-state index is 13.1. The van der Waals surface area contributed by atoms with Gasteiger partial charge in [0, 0.05) is 35.3 Å². The third-order valence-electron chi connectivity index (χ3n) is 5.69. The number of allylic oxidation sites excluding steroid dienone is 1. The van der Waals surface area contributed by atoms with Crippen LogP contribution >= 0.6 is 11.6 Å². The van der Waals surface area contributed by atoms with Crippen molar-refractivity contribution in [1.82, 2.24) is 14.8 Å². The van der Waals surface area contributed by atoms with Crippen molar-refractivity contribution in [1.29, 1.82) is 0 Å². The van der Waals surface area contributed by atoms with Gasteiger partial charge in [-0.25, -0.2) is 0 Å². The predicted molar refractivity (Wildman–Crippen MR) is 130 cm³/mol. The molecule has 0 saturated carbocycles. The number of halogens is 1. The number of methoxy groups -OCH3 is 2. The maximum Gasteiger partial charge on any atom is 0.255 e. The molecule has 0 radical (unpaired) electrons. The van der Waals surface area contributed by atoms with E-state index in [0.717, 1.165) is 48.6 Å². The van der Waals surface area contributed by atoms with Gasteiger partial charge < -0.3 is 19.4 Å². The van der Waals surface area contributed by atoms with E-state index < -0.39 is 0 Å². The Morgan fingerprint density at radius 3 is 2.73 bits per heavy atom. The highest BCUT2D eigenvalue weighted by atomic mass is 35.5. The molecule has 0 atom stereocenters. The predicted octanol–water partition coefficient (Wildman–Crippen LogP) is 5.63. The lowest BCUT2D eigenvalue weighted by Crippen LogP contribution is -2.13. The number of amides is 1. The number of nitrogens with zero attached hydrogens (tertiary/aromatic N) is 3. The lowest BCUT2D eigenvalue weighted by atomic mass is 10.1. The number of hydrogen-bond acceptors (Lipinski definition) is 5. The zero-order valence-corrected chi connectivity index (χ0v) is 19.8. The molecule has 0 aliphatic carbocycles. The number of carbonyl (C=O) groups is 1. The van der Waals surface area contributed by atoms with E-state index in [-0.39, 0.29) is 5.91 Å². The van der Waals surface area contributed by atoms with Gasteiger partial charge in [0.15, 0.2) is 17.3 Å². The molecule has 1 aromatic heterocycles. The molecule has 0 bridgehead atoms. The highest BCUT2D eigenvalue weighted by Crippen LogP contribution is 2.35. The van der Waals surface area contributed by atoms with E-state index in [1.54, 1.807) is 38.5 Å². The highest BCUT2D eigenvalue weighted by Gasteiger charge is 2.20. The minimum Gasteiger partial charge on any atom is -0.493 e. The van der Waals surface area contributed by atoms with Gasteiger partial charge in [-0.2, -0.15) is 0 Å². The molecule has 1 aliphatic heterocycles. The number of carbonyl (C=O) groups excluding carboxylic acids is 1. The SMILES string of the molecule is C/C=C/c1cc(C(=O)Nc2ccc(Cl)c(-c3nnc4n3CCCCC4)c2)cc(OC)c1OC. The largest absolute Gasteiger partial charge is 0.493 e. The second-order valence-corrected chi connectivity index (χ2v) is 8.26. The second kappa shape index (κ2) is 10.1. The quantitative estimate of drug-likeness (QED) is 0.509. The molecule has 0 saturated heterocycles. The number of rotatable bonds is 6. The third kappa shape index (κ3) is 4.73. The third-order valence-corrected chi connectivity index (χ3v) is 6.02. The van der Waals surface area contributed by atoms with Gasteiger partial charge in [0.1, 0.15) is 5.82 Å². The molecular weight excluding hydrogens is 440 g/mol. The van der Waals surface area contributed by atoms with Crippen molar-refractivity contribution < 1.29 is 14.3 Å². The van der Waals surface area contributed by atoms with Crippen LogP contribution in [0.2, 0.25) is 5.02 Å².